The Hall–Kier alpha value is -3.10. The lowest BCUT2D eigenvalue weighted by atomic mass is 10.1. The van der Waals surface area contributed by atoms with Gasteiger partial charge in [0.05, 0.1) is 23.4 Å². The summed E-state index contributed by atoms with van der Waals surface area (Å²) in [5, 5.41) is 12.5. The molecule has 0 aliphatic rings. The number of hydrogen-bond acceptors (Lipinski definition) is 5. The molecule has 8 heteroatoms. The van der Waals surface area contributed by atoms with Gasteiger partial charge >= 0.3 is 0 Å². The van der Waals surface area contributed by atoms with Crippen molar-refractivity contribution in [2.75, 3.05) is 11.3 Å². The second kappa shape index (κ2) is 8.50. The van der Waals surface area contributed by atoms with Crippen LogP contribution in [0, 0.1) is 13.8 Å². The van der Waals surface area contributed by atoms with Crippen LogP contribution < -0.4 is 10.0 Å². The smallest absolute Gasteiger partial charge is 0.261 e. The zero-order valence-electron chi connectivity index (χ0n) is 16.0. The van der Waals surface area contributed by atoms with Crippen LogP contribution in [0.25, 0.3) is 0 Å². The van der Waals surface area contributed by atoms with Crippen LogP contribution in [0.3, 0.4) is 0 Å². The van der Waals surface area contributed by atoms with Crippen LogP contribution in [0.1, 0.15) is 33.3 Å². The Balaban J connectivity index is 1.67. The van der Waals surface area contributed by atoms with Gasteiger partial charge in [0.15, 0.2) is 0 Å². The van der Waals surface area contributed by atoms with E-state index in [0.29, 0.717) is 11.4 Å². The average Bonchev–Trinajstić information content (AvgIpc) is 3.24. The standard InChI is InChI=1S/C21H22N2O5S/c1-14-5-3-6-18(15(14)2)23-29(26,27)17-10-8-16(9-11-17)21(25)22-13-19(24)20-7-4-12-28-20/h3-12,19,23-24H,13H2,1-2H3,(H,22,25). The van der Waals surface area contributed by atoms with Crippen molar-refractivity contribution < 1.29 is 22.7 Å². The van der Waals surface area contributed by atoms with E-state index in [1.807, 2.05) is 19.9 Å². The largest absolute Gasteiger partial charge is 0.467 e. The summed E-state index contributed by atoms with van der Waals surface area (Å²) in [7, 11) is -3.78. The molecule has 2 aromatic carbocycles. The second-order valence-electron chi connectivity index (χ2n) is 6.62. The van der Waals surface area contributed by atoms with Crippen molar-refractivity contribution in [2.24, 2.45) is 0 Å². The highest BCUT2D eigenvalue weighted by Crippen LogP contribution is 2.22. The van der Waals surface area contributed by atoms with Crippen molar-refractivity contribution in [1.82, 2.24) is 5.32 Å². The maximum Gasteiger partial charge on any atom is 0.261 e. The Morgan fingerprint density at radius 2 is 1.79 bits per heavy atom. The van der Waals surface area contributed by atoms with Crippen molar-refractivity contribution in [3.8, 4) is 0 Å². The van der Waals surface area contributed by atoms with E-state index in [1.165, 1.54) is 30.5 Å². The summed E-state index contributed by atoms with van der Waals surface area (Å²) >= 11 is 0. The fraction of sp³-hybridized carbons (Fsp3) is 0.190. The first kappa shape index (κ1) is 20.6. The number of benzene rings is 2. The molecule has 3 aromatic rings. The van der Waals surface area contributed by atoms with Crippen molar-refractivity contribution in [3.05, 3.63) is 83.3 Å². The lowest BCUT2D eigenvalue weighted by Gasteiger charge is -2.13. The SMILES string of the molecule is Cc1cccc(NS(=O)(=O)c2ccc(C(=O)NCC(O)c3ccco3)cc2)c1C. The number of aliphatic hydroxyl groups is 1. The Bertz CT molecular complexity index is 1090. The third-order valence-corrected chi connectivity index (χ3v) is 5.98. The van der Waals surface area contributed by atoms with Crippen molar-refractivity contribution in [3.63, 3.8) is 0 Å². The van der Waals surface area contributed by atoms with Crippen molar-refractivity contribution >= 4 is 21.6 Å². The van der Waals surface area contributed by atoms with Gasteiger partial charge in [-0.05, 0) is 67.4 Å². The van der Waals surface area contributed by atoms with Crippen LogP contribution in [0.4, 0.5) is 5.69 Å². The third kappa shape index (κ3) is 4.85. The van der Waals surface area contributed by atoms with E-state index in [4.69, 9.17) is 4.42 Å². The van der Waals surface area contributed by atoms with E-state index in [0.717, 1.165) is 11.1 Å². The molecular formula is C21H22N2O5S. The minimum atomic E-state index is -3.78. The summed E-state index contributed by atoms with van der Waals surface area (Å²) in [5.74, 6) is -0.0775. The summed E-state index contributed by atoms with van der Waals surface area (Å²) in [6, 6.07) is 14.2. The second-order valence-corrected chi connectivity index (χ2v) is 8.30. The Labute approximate surface area is 169 Å². The third-order valence-electron chi connectivity index (χ3n) is 4.60. The molecule has 0 spiro atoms. The molecule has 0 saturated carbocycles. The van der Waals surface area contributed by atoms with E-state index in [-0.39, 0.29) is 17.0 Å². The Kier molecular flexibility index (Phi) is 6.05. The first-order chi connectivity index (χ1) is 13.8. The van der Waals surface area contributed by atoms with Crippen LogP contribution in [0.15, 0.2) is 70.2 Å². The van der Waals surface area contributed by atoms with Gasteiger partial charge in [-0.25, -0.2) is 8.42 Å². The highest BCUT2D eigenvalue weighted by Gasteiger charge is 2.17. The summed E-state index contributed by atoms with van der Waals surface area (Å²) in [6.07, 6.45) is 0.474. The molecule has 1 unspecified atom stereocenters. The van der Waals surface area contributed by atoms with Gasteiger partial charge in [0.25, 0.3) is 15.9 Å². The van der Waals surface area contributed by atoms with E-state index >= 15 is 0 Å². The molecule has 0 fully saturated rings. The van der Waals surface area contributed by atoms with Crippen LogP contribution >= 0.6 is 0 Å². The fourth-order valence-corrected chi connectivity index (χ4v) is 3.85. The molecule has 3 N–H and O–H groups in total. The Morgan fingerprint density at radius 3 is 2.45 bits per heavy atom. The number of nitrogens with one attached hydrogen (secondary N) is 2. The normalized spacial score (nSPS) is 12.4. The van der Waals surface area contributed by atoms with E-state index < -0.39 is 22.0 Å². The molecule has 0 radical (unpaired) electrons. The lowest BCUT2D eigenvalue weighted by molar-refractivity contribution is 0.0901. The van der Waals surface area contributed by atoms with Crippen LogP contribution in [0.2, 0.25) is 0 Å². The topological polar surface area (TPSA) is 109 Å². The summed E-state index contributed by atoms with van der Waals surface area (Å²) in [6.45, 7) is 3.72. The van der Waals surface area contributed by atoms with Gasteiger partial charge in [-0.3, -0.25) is 9.52 Å². The van der Waals surface area contributed by atoms with Gasteiger partial charge in [-0.2, -0.15) is 0 Å². The van der Waals surface area contributed by atoms with Gasteiger partial charge in [-0.15, -0.1) is 0 Å². The van der Waals surface area contributed by atoms with Crippen molar-refractivity contribution in [2.45, 2.75) is 24.8 Å². The molecule has 0 bridgehead atoms. The maximum atomic E-state index is 12.6. The number of amides is 1. The van der Waals surface area contributed by atoms with Gasteiger partial charge in [0.1, 0.15) is 11.9 Å². The number of carbonyl (C=O) groups excluding carboxylic acids is 1. The highest BCUT2D eigenvalue weighted by molar-refractivity contribution is 7.92. The monoisotopic (exact) mass is 414 g/mol. The zero-order chi connectivity index (χ0) is 21.0. The molecule has 7 nitrogen and oxygen atoms in total. The van der Waals surface area contributed by atoms with E-state index in [1.54, 1.807) is 24.3 Å². The summed E-state index contributed by atoms with van der Waals surface area (Å²) in [4.78, 5) is 12.3. The number of sulfonamides is 1. The number of carbonyl (C=O) groups is 1. The number of rotatable bonds is 7. The van der Waals surface area contributed by atoms with E-state index in [9.17, 15) is 18.3 Å². The molecule has 152 valence electrons. The van der Waals surface area contributed by atoms with Gasteiger partial charge in [-0.1, -0.05) is 12.1 Å². The molecular weight excluding hydrogens is 392 g/mol. The number of aryl methyl sites for hydroxylation is 1. The lowest BCUT2D eigenvalue weighted by Crippen LogP contribution is -2.28. The van der Waals surface area contributed by atoms with Gasteiger partial charge < -0.3 is 14.8 Å². The number of anilines is 1. The minimum absolute atomic E-state index is 0.0272. The van der Waals surface area contributed by atoms with Crippen LogP contribution in [-0.2, 0) is 10.0 Å². The quantitative estimate of drug-likeness (QED) is 0.550. The predicted molar refractivity (Wildman–Crippen MR) is 109 cm³/mol. The van der Waals surface area contributed by atoms with Crippen LogP contribution in [0.5, 0.6) is 0 Å². The fourth-order valence-electron chi connectivity index (χ4n) is 2.72. The zero-order valence-corrected chi connectivity index (χ0v) is 16.9. The van der Waals surface area contributed by atoms with Gasteiger partial charge in [0, 0.05) is 5.56 Å². The molecule has 1 aromatic heterocycles. The van der Waals surface area contributed by atoms with Gasteiger partial charge in [0.2, 0.25) is 0 Å². The molecule has 1 amide bonds. The highest BCUT2D eigenvalue weighted by atomic mass is 32.2. The maximum absolute atomic E-state index is 12.6. The minimum Gasteiger partial charge on any atom is -0.467 e. The molecule has 3 rings (SSSR count). The molecule has 0 saturated heterocycles. The van der Waals surface area contributed by atoms with Crippen molar-refractivity contribution in [1.29, 1.82) is 0 Å². The average molecular weight is 414 g/mol. The first-order valence-electron chi connectivity index (χ1n) is 8.96. The van der Waals surface area contributed by atoms with E-state index in [2.05, 4.69) is 10.0 Å². The molecule has 1 heterocycles. The predicted octanol–water partition coefficient (Wildman–Crippen LogP) is 3.16. The molecule has 29 heavy (non-hydrogen) atoms. The molecule has 0 aliphatic heterocycles. The first-order valence-corrected chi connectivity index (χ1v) is 10.4. The Morgan fingerprint density at radius 1 is 1.07 bits per heavy atom. The molecule has 0 aliphatic carbocycles. The van der Waals surface area contributed by atoms with Crippen LogP contribution in [-0.4, -0.2) is 26.0 Å². The number of furan rings is 1. The summed E-state index contributed by atoms with van der Waals surface area (Å²) in [5.41, 5.74) is 2.62. The summed E-state index contributed by atoms with van der Waals surface area (Å²) < 4.78 is 32.9. The number of aliphatic hydroxyl groups excluding tert-OH is 1. The number of hydrogen-bond donors (Lipinski definition) is 3. The molecule has 1 atom stereocenters.